The van der Waals surface area contributed by atoms with Crippen molar-refractivity contribution in [1.82, 2.24) is 9.97 Å². The van der Waals surface area contributed by atoms with Gasteiger partial charge in [0.05, 0.1) is 16.5 Å². The van der Waals surface area contributed by atoms with E-state index in [1.807, 2.05) is 19.1 Å². The summed E-state index contributed by atoms with van der Waals surface area (Å²) in [5, 5.41) is 4.07. The van der Waals surface area contributed by atoms with Gasteiger partial charge in [0, 0.05) is 22.5 Å². The van der Waals surface area contributed by atoms with Gasteiger partial charge in [-0.25, -0.2) is 14.4 Å². The molecule has 0 saturated carbocycles. The van der Waals surface area contributed by atoms with Crippen LogP contribution in [0.4, 0.5) is 15.9 Å². The molecule has 128 valence electrons. The molecule has 3 rings (SSSR count). The molecule has 0 radical (unpaired) electrons. The van der Waals surface area contributed by atoms with Crippen LogP contribution in [0.15, 0.2) is 53.7 Å². The first-order valence-electron chi connectivity index (χ1n) is 7.44. The molecule has 1 heterocycles. The zero-order valence-corrected chi connectivity index (χ0v) is 15.2. The first kappa shape index (κ1) is 17.5. The van der Waals surface area contributed by atoms with Crippen LogP contribution in [-0.4, -0.2) is 20.4 Å². The summed E-state index contributed by atoms with van der Waals surface area (Å²) in [5.74, 6) is 0.187. The summed E-state index contributed by atoms with van der Waals surface area (Å²) in [6.45, 7) is 1.81. The molecule has 4 nitrogen and oxygen atoms in total. The van der Waals surface area contributed by atoms with E-state index in [4.69, 9.17) is 11.6 Å². The Morgan fingerprint density at radius 2 is 1.68 bits per heavy atom. The Hall–Kier alpha value is -2.31. The summed E-state index contributed by atoms with van der Waals surface area (Å²) >= 11 is 5.92. The van der Waals surface area contributed by atoms with Gasteiger partial charge in [0.15, 0.2) is 0 Å². The quantitative estimate of drug-likeness (QED) is 0.670. The summed E-state index contributed by atoms with van der Waals surface area (Å²) in [6, 6.07) is 13.2. The van der Waals surface area contributed by atoms with Crippen molar-refractivity contribution in [3.63, 3.8) is 0 Å². The number of nitrogens with zero attached hydrogens (tertiary/aromatic N) is 2. The molecule has 2 aromatic carbocycles. The number of nitrogens with one attached hydrogen (secondary N) is 1. The molecule has 1 atom stereocenters. The van der Waals surface area contributed by atoms with Crippen LogP contribution in [0.25, 0.3) is 11.1 Å². The number of benzene rings is 2. The van der Waals surface area contributed by atoms with Gasteiger partial charge >= 0.3 is 0 Å². The summed E-state index contributed by atoms with van der Waals surface area (Å²) < 4.78 is 25.1. The van der Waals surface area contributed by atoms with Gasteiger partial charge in [0.1, 0.15) is 11.6 Å². The van der Waals surface area contributed by atoms with E-state index < -0.39 is 10.8 Å². The number of hydrogen-bond acceptors (Lipinski definition) is 4. The Kier molecular flexibility index (Phi) is 5.11. The van der Waals surface area contributed by atoms with Gasteiger partial charge in [0.25, 0.3) is 0 Å². The molecule has 3 aromatic rings. The van der Waals surface area contributed by atoms with Crippen molar-refractivity contribution in [2.24, 2.45) is 0 Å². The van der Waals surface area contributed by atoms with Crippen molar-refractivity contribution in [1.29, 1.82) is 0 Å². The number of aromatic nitrogens is 2. The Labute approximate surface area is 152 Å². The molecule has 1 unspecified atom stereocenters. The largest absolute Gasteiger partial charge is 0.340 e. The second-order valence-electron chi connectivity index (χ2n) is 5.41. The maximum absolute atomic E-state index is 13.3. The molecule has 0 aliphatic carbocycles. The lowest BCUT2D eigenvalue weighted by molar-refractivity contribution is 0.628. The second-order valence-corrected chi connectivity index (χ2v) is 7.12. The van der Waals surface area contributed by atoms with Gasteiger partial charge < -0.3 is 5.32 Å². The predicted octanol–water partition coefficient (Wildman–Crippen LogP) is 4.73. The van der Waals surface area contributed by atoms with E-state index >= 15 is 0 Å². The van der Waals surface area contributed by atoms with Crippen LogP contribution in [0.3, 0.4) is 0 Å². The third-order valence-corrected chi connectivity index (χ3v) is 4.52. The molecule has 0 aliphatic rings. The Balaban J connectivity index is 2.13. The number of rotatable bonds is 4. The molecule has 1 N–H and O–H groups in total. The van der Waals surface area contributed by atoms with Gasteiger partial charge in [-0.05, 0) is 48.9 Å². The van der Waals surface area contributed by atoms with Crippen LogP contribution in [0.1, 0.15) is 5.69 Å². The third kappa shape index (κ3) is 4.03. The first-order valence-corrected chi connectivity index (χ1v) is 9.38. The normalized spacial score (nSPS) is 12.0. The standard InChI is InChI=1S/C18H15ClFN3OS/c1-11-16(12-3-7-14(20)8-4-12)17(23-18(21-11)25(2)24)22-15-9-5-13(19)6-10-15/h3-10H,1-2H3,(H,21,22,23). The van der Waals surface area contributed by atoms with Crippen LogP contribution < -0.4 is 5.32 Å². The van der Waals surface area contributed by atoms with Gasteiger partial charge in [-0.2, -0.15) is 0 Å². The van der Waals surface area contributed by atoms with Gasteiger partial charge in [-0.15, -0.1) is 0 Å². The fourth-order valence-electron chi connectivity index (χ4n) is 2.40. The van der Waals surface area contributed by atoms with Crippen molar-refractivity contribution >= 4 is 33.9 Å². The van der Waals surface area contributed by atoms with Crippen molar-refractivity contribution in [3.8, 4) is 11.1 Å². The minimum Gasteiger partial charge on any atom is -0.340 e. The summed E-state index contributed by atoms with van der Waals surface area (Å²) in [4.78, 5) is 8.72. The number of hydrogen-bond donors (Lipinski definition) is 1. The third-order valence-electron chi connectivity index (χ3n) is 3.57. The zero-order valence-electron chi connectivity index (χ0n) is 13.6. The molecule has 0 aliphatic heterocycles. The lowest BCUT2D eigenvalue weighted by atomic mass is 10.0. The molecule has 1 aromatic heterocycles. The van der Waals surface area contributed by atoms with E-state index in [9.17, 15) is 8.60 Å². The average molecular weight is 376 g/mol. The molecule has 7 heteroatoms. The van der Waals surface area contributed by atoms with E-state index in [0.29, 0.717) is 16.5 Å². The van der Waals surface area contributed by atoms with Crippen LogP contribution in [0, 0.1) is 12.7 Å². The van der Waals surface area contributed by atoms with Gasteiger partial charge in [-0.1, -0.05) is 23.7 Å². The van der Waals surface area contributed by atoms with Crippen molar-refractivity contribution < 1.29 is 8.60 Å². The Morgan fingerprint density at radius 1 is 1.04 bits per heavy atom. The summed E-state index contributed by atoms with van der Waals surface area (Å²) in [6.07, 6.45) is 1.53. The van der Waals surface area contributed by atoms with Crippen molar-refractivity contribution in [3.05, 3.63) is 65.1 Å². The van der Waals surface area contributed by atoms with E-state index in [2.05, 4.69) is 15.3 Å². The van der Waals surface area contributed by atoms with Crippen LogP contribution in [0.2, 0.25) is 5.02 Å². The van der Waals surface area contributed by atoms with E-state index in [0.717, 1.165) is 16.8 Å². The summed E-state index contributed by atoms with van der Waals surface area (Å²) in [7, 11) is -1.32. The maximum atomic E-state index is 13.3. The van der Waals surface area contributed by atoms with Crippen molar-refractivity contribution in [2.45, 2.75) is 12.1 Å². The molecule has 0 amide bonds. The number of anilines is 2. The summed E-state index contributed by atoms with van der Waals surface area (Å²) in [5.41, 5.74) is 2.93. The fourth-order valence-corrected chi connectivity index (χ4v) is 3.01. The lowest BCUT2D eigenvalue weighted by Gasteiger charge is -2.15. The highest BCUT2D eigenvalue weighted by Crippen LogP contribution is 2.32. The molecule has 0 bridgehead atoms. The fraction of sp³-hybridized carbons (Fsp3) is 0.111. The van der Waals surface area contributed by atoms with Gasteiger partial charge in [-0.3, -0.25) is 4.21 Å². The Morgan fingerprint density at radius 3 is 2.28 bits per heavy atom. The zero-order chi connectivity index (χ0) is 18.0. The van der Waals surface area contributed by atoms with E-state index in [1.165, 1.54) is 18.4 Å². The Bertz CT molecular complexity index is 930. The molecular weight excluding hydrogens is 361 g/mol. The first-order chi connectivity index (χ1) is 11.9. The van der Waals surface area contributed by atoms with Crippen LogP contribution in [0.5, 0.6) is 0 Å². The maximum Gasteiger partial charge on any atom is 0.220 e. The highest BCUT2D eigenvalue weighted by molar-refractivity contribution is 7.84. The smallest absolute Gasteiger partial charge is 0.220 e. The van der Waals surface area contributed by atoms with Crippen molar-refractivity contribution in [2.75, 3.05) is 11.6 Å². The minimum atomic E-state index is -1.32. The number of aryl methyl sites for hydroxylation is 1. The molecule has 0 spiro atoms. The molecule has 0 fully saturated rings. The van der Waals surface area contributed by atoms with E-state index in [-0.39, 0.29) is 11.0 Å². The molecule has 0 saturated heterocycles. The SMILES string of the molecule is Cc1nc(S(C)=O)nc(Nc2ccc(Cl)cc2)c1-c1ccc(F)cc1. The average Bonchev–Trinajstić information content (AvgIpc) is 2.58. The topological polar surface area (TPSA) is 54.9 Å². The monoisotopic (exact) mass is 375 g/mol. The van der Waals surface area contributed by atoms with Crippen LogP contribution >= 0.6 is 11.6 Å². The second kappa shape index (κ2) is 7.29. The van der Waals surface area contributed by atoms with Crippen LogP contribution in [-0.2, 0) is 10.8 Å². The highest BCUT2D eigenvalue weighted by atomic mass is 35.5. The molecular formula is C18H15ClFN3OS. The molecule has 25 heavy (non-hydrogen) atoms. The predicted molar refractivity (Wildman–Crippen MR) is 99.2 cm³/mol. The minimum absolute atomic E-state index is 0.236. The van der Waals surface area contributed by atoms with Gasteiger partial charge in [0.2, 0.25) is 5.16 Å². The highest BCUT2D eigenvalue weighted by Gasteiger charge is 2.16. The van der Waals surface area contributed by atoms with E-state index in [1.54, 1.807) is 24.3 Å². The number of halogens is 2. The lowest BCUT2D eigenvalue weighted by Crippen LogP contribution is -2.06.